The van der Waals surface area contributed by atoms with Gasteiger partial charge in [-0.2, -0.15) is 0 Å². The molecule has 2 aromatic carbocycles. The van der Waals surface area contributed by atoms with Crippen LogP contribution in [-0.2, 0) is 14.9 Å². The van der Waals surface area contributed by atoms with E-state index in [1.165, 1.54) is 0 Å². The number of hydrogen-bond acceptors (Lipinski definition) is 4. The predicted molar refractivity (Wildman–Crippen MR) is 112 cm³/mol. The topological polar surface area (TPSA) is 59.5 Å². The summed E-state index contributed by atoms with van der Waals surface area (Å²) in [6.07, 6.45) is 2.85. The SMILES string of the molecule is CCOC(=O)C1(c2ccccc2)CCN(C(=O)c2ccc3ncccc3c2)CC1. The van der Waals surface area contributed by atoms with E-state index in [-0.39, 0.29) is 11.9 Å². The zero-order chi connectivity index (χ0) is 20.3. The molecule has 1 aromatic heterocycles. The Morgan fingerprint density at radius 1 is 1.03 bits per heavy atom. The van der Waals surface area contributed by atoms with Crippen molar-refractivity contribution in [2.45, 2.75) is 25.2 Å². The summed E-state index contributed by atoms with van der Waals surface area (Å²) in [7, 11) is 0. The number of hydrogen-bond donors (Lipinski definition) is 0. The normalized spacial score (nSPS) is 15.8. The summed E-state index contributed by atoms with van der Waals surface area (Å²) in [5, 5.41) is 0.945. The fourth-order valence-corrected chi connectivity index (χ4v) is 4.12. The van der Waals surface area contributed by atoms with Crippen molar-refractivity contribution in [3.63, 3.8) is 0 Å². The van der Waals surface area contributed by atoms with E-state index in [1.54, 1.807) is 6.20 Å². The number of esters is 1. The Hall–Kier alpha value is -3.21. The highest BCUT2D eigenvalue weighted by Gasteiger charge is 2.45. The molecule has 0 radical (unpaired) electrons. The summed E-state index contributed by atoms with van der Waals surface area (Å²) < 4.78 is 5.42. The van der Waals surface area contributed by atoms with E-state index in [9.17, 15) is 9.59 Å². The Bertz CT molecular complexity index is 1020. The minimum absolute atomic E-state index is 0.0127. The van der Waals surface area contributed by atoms with E-state index in [0.717, 1.165) is 16.5 Å². The Labute approximate surface area is 170 Å². The summed E-state index contributed by atoms with van der Waals surface area (Å²) in [4.78, 5) is 32.1. The second kappa shape index (κ2) is 8.03. The van der Waals surface area contributed by atoms with Gasteiger partial charge in [-0.25, -0.2) is 0 Å². The van der Waals surface area contributed by atoms with Crippen LogP contribution in [-0.4, -0.2) is 41.5 Å². The molecule has 29 heavy (non-hydrogen) atoms. The number of rotatable bonds is 4. The average molecular weight is 388 g/mol. The number of carbonyl (C=O) groups excluding carboxylic acids is 2. The summed E-state index contributed by atoms with van der Waals surface area (Å²) in [6, 6.07) is 19.2. The van der Waals surface area contributed by atoms with Crippen molar-refractivity contribution in [1.82, 2.24) is 9.88 Å². The van der Waals surface area contributed by atoms with Gasteiger partial charge in [0.15, 0.2) is 0 Å². The number of fused-ring (bicyclic) bond motifs is 1. The van der Waals surface area contributed by atoms with Gasteiger partial charge in [0.1, 0.15) is 0 Å². The van der Waals surface area contributed by atoms with Crippen molar-refractivity contribution in [3.8, 4) is 0 Å². The molecule has 5 heteroatoms. The van der Waals surface area contributed by atoms with Crippen molar-refractivity contribution in [2.24, 2.45) is 0 Å². The van der Waals surface area contributed by atoms with Crippen molar-refractivity contribution in [1.29, 1.82) is 0 Å². The molecule has 0 aliphatic carbocycles. The molecule has 4 rings (SSSR count). The van der Waals surface area contributed by atoms with Gasteiger partial charge in [-0.1, -0.05) is 36.4 Å². The first-order chi connectivity index (χ1) is 14.1. The monoisotopic (exact) mass is 388 g/mol. The Morgan fingerprint density at radius 3 is 2.52 bits per heavy atom. The van der Waals surface area contributed by atoms with Gasteiger partial charge in [-0.05, 0) is 49.6 Å². The van der Waals surface area contributed by atoms with Gasteiger partial charge >= 0.3 is 5.97 Å². The van der Waals surface area contributed by atoms with Crippen LogP contribution in [0.4, 0.5) is 0 Å². The third kappa shape index (κ3) is 3.60. The van der Waals surface area contributed by atoms with Gasteiger partial charge < -0.3 is 9.64 Å². The Balaban J connectivity index is 1.56. The highest BCUT2D eigenvalue weighted by atomic mass is 16.5. The number of likely N-dealkylation sites (tertiary alicyclic amines) is 1. The van der Waals surface area contributed by atoms with Gasteiger partial charge in [0.25, 0.3) is 5.91 Å². The number of ether oxygens (including phenoxy) is 1. The van der Waals surface area contributed by atoms with Crippen LogP contribution in [0.5, 0.6) is 0 Å². The number of pyridine rings is 1. The van der Waals surface area contributed by atoms with Crippen LogP contribution in [0.15, 0.2) is 66.9 Å². The van der Waals surface area contributed by atoms with E-state index >= 15 is 0 Å². The number of carbonyl (C=O) groups is 2. The predicted octanol–water partition coefficient (Wildman–Crippen LogP) is 3.97. The van der Waals surface area contributed by atoms with Crippen LogP contribution in [0.1, 0.15) is 35.7 Å². The van der Waals surface area contributed by atoms with E-state index in [2.05, 4.69) is 4.98 Å². The fourth-order valence-electron chi connectivity index (χ4n) is 4.12. The number of amides is 1. The van der Waals surface area contributed by atoms with Crippen LogP contribution in [0.3, 0.4) is 0 Å². The number of aromatic nitrogens is 1. The molecular weight excluding hydrogens is 364 g/mol. The molecule has 0 atom stereocenters. The summed E-state index contributed by atoms with van der Waals surface area (Å²) >= 11 is 0. The van der Waals surface area contributed by atoms with Crippen molar-refractivity contribution < 1.29 is 14.3 Å². The van der Waals surface area contributed by atoms with Gasteiger partial charge in [0, 0.05) is 30.2 Å². The maximum Gasteiger partial charge on any atom is 0.316 e. The lowest BCUT2D eigenvalue weighted by Crippen LogP contribution is -2.49. The summed E-state index contributed by atoms with van der Waals surface area (Å²) in [5.41, 5.74) is 1.78. The molecule has 1 amide bonds. The molecule has 2 heterocycles. The highest BCUT2D eigenvalue weighted by molar-refractivity contribution is 5.98. The van der Waals surface area contributed by atoms with E-state index < -0.39 is 5.41 Å². The molecule has 0 saturated carbocycles. The zero-order valence-corrected chi connectivity index (χ0v) is 16.5. The number of piperidine rings is 1. The molecule has 148 valence electrons. The van der Waals surface area contributed by atoms with Crippen LogP contribution in [0, 0.1) is 0 Å². The van der Waals surface area contributed by atoms with E-state index in [4.69, 9.17) is 4.74 Å². The number of benzene rings is 2. The van der Waals surface area contributed by atoms with Crippen LogP contribution in [0.25, 0.3) is 10.9 Å². The van der Waals surface area contributed by atoms with Gasteiger partial charge in [0.05, 0.1) is 17.5 Å². The standard InChI is InChI=1S/C24H24N2O3/c1-2-29-23(28)24(20-8-4-3-5-9-20)12-15-26(16-13-24)22(27)19-10-11-21-18(17-19)7-6-14-25-21/h3-11,14,17H,2,12-13,15-16H2,1H3. The van der Waals surface area contributed by atoms with E-state index in [1.807, 2.05) is 72.5 Å². The Morgan fingerprint density at radius 2 is 1.79 bits per heavy atom. The Kier molecular flexibility index (Phi) is 5.30. The molecule has 3 aromatic rings. The number of nitrogens with zero attached hydrogens (tertiary/aromatic N) is 2. The molecule has 5 nitrogen and oxygen atoms in total. The third-order valence-corrected chi connectivity index (χ3v) is 5.75. The second-order valence-corrected chi connectivity index (χ2v) is 7.37. The van der Waals surface area contributed by atoms with Crippen LogP contribution >= 0.6 is 0 Å². The van der Waals surface area contributed by atoms with Crippen LogP contribution in [0.2, 0.25) is 0 Å². The first-order valence-corrected chi connectivity index (χ1v) is 10.0. The lowest BCUT2D eigenvalue weighted by molar-refractivity contribution is -0.152. The molecule has 1 aliphatic rings. The van der Waals surface area contributed by atoms with Crippen LogP contribution < -0.4 is 0 Å². The van der Waals surface area contributed by atoms with Gasteiger partial charge in [-0.15, -0.1) is 0 Å². The van der Waals surface area contributed by atoms with Gasteiger partial charge in [0.2, 0.25) is 0 Å². The molecule has 1 fully saturated rings. The zero-order valence-electron chi connectivity index (χ0n) is 16.5. The smallest absolute Gasteiger partial charge is 0.316 e. The first-order valence-electron chi connectivity index (χ1n) is 10.0. The molecular formula is C24H24N2O3. The first kappa shape index (κ1) is 19.1. The summed E-state index contributed by atoms with van der Waals surface area (Å²) in [5.74, 6) is -0.212. The van der Waals surface area contributed by atoms with Crippen molar-refractivity contribution >= 4 is 22.8 Å². The molecule has 1 saturated heterocycles. The molecule has 0 bridgehead atoms. The molecule has 1 aliphatic heterocycles. The third-order valence-electron chi connectivity index (χ3n) is 5.75. The summed E-state index contributed by atoms with van der Waals surface area (Å²) in [6.45, 7) is 3.19. The quantitative estimate of drug-likeness (QED) is 0.635. The lowest BCUT2D eigenvalue weighted by atomic mass is 9.72. The molecule has 0 spiro atoms. The van der Waals surface area contributed by atoms with Crippen molar-refractivity contribution in [2.75, 3.05) is 19.7 Å². The highest BCUT2D eigenvalue weighted by Crippen LogP contribution is 2.37. The largest absolute Gasteiger partial charge is 0.465 e. The van der Waals surface area contributed by atoms with Crippen molar-refractivity contribution in [3.05, 3.63) is 78.0 Å². The van der Waals surface area contributed by atoms with Gasteiger partial charge in [-0.3, -0.25) is 14.6 Å². The maximum absolute atomic E-state index is 13.1. The molecule has 0 unspecified atom stereocenters. The average Bonchev–Trinajstić information content (AvgIpc) is 2.79. The molecule has 0 N–H and O–H groups in total. The fraction of sp³-hybridized carbons (Fsp3) is 0.292. The minimum atomic E-state index is -0.693. The van der Waals surface area contributed by atoms with E-state index in [0.29, 0.717) is 38.1 Å². The minimum Gasteiger partial charge on any atom is -0.465 e. The lowest BCUT2D eigenvalue weighted by Gasteiger charge is -2.40. The second-order valence-electron chi connectivity index (χ2n) is 7.37. The maximum atomic E-state index is 13.1.